The molecule has 0 amide bonds. The summed E-state index contributed by atoms with van der Waals surface area (Å²) < 4.78 is 5.12. The highest BCUT2D eigenvalue weighted by atomic mass is 16.5. The molecule has 1 rings (SSSR count). The number of nitrogens with one attached hydrogen (secondary N) is 1. The number of aryl methyl sites for hydroxylation is 1. The van der Waals surface area contributed by atoms with E-state index >= 15 is 0 Å². The third-order valence-corrected chi connectivity index (χ3v) is 2.43. The Morgan fingerprint density at radius 1 is 1.40 bits per heavy atom. The summed E-state index contributed by atoms with van der Waals surface area (Å²) >= 11 is 0. The van der Waals surface area contributed by atoms with E-state index in [4.69, 9.17) is 4.52 Å². The van der Waals surface area contributed by atoms with Crippen LogP contribution in [0.2, 0.25) is 0 Å². The molecule has 1 unspecified atom stereocenters. The quantitative estimate of drug-likeness (QED) is 0.781. The lowest BCUT2D eigenvalue weighted by Gasteiger charge is -2.20. The molecule has 0 aliphatic carbocycles. The van der Waals surface area contributed by atoms with Crippen molar-refractivity contribution in [2.75, 3.05) is 6.54 Å². The van der Waals surface area contributed by atoms with Gasteiger partial charge >= 0.3 is 0 Å². The topological polar surface area (TPSA) is 51.0 Å². The van der Waals surface area contributed by atoms with Crippen LogP contribution in [-0.2, 0) is 6.42 Å². The van der Waals surface area contributed by atoms with Crippen molar-refractivity contribution < 1.29 is 4.52 Å². The van der Waals surface area contributed by atoms with Crippen molar-refractivity contribution in [2.45, 2.75) is 46.6 Å². The maximum Gasteiger partial charge on any atom is 0.228 e. The smallest absolute Gasteiger partial charge is 0.228 e. The van der Waals surface area contributed by atoms with Gasteiger partial charge in [-0.2, -0.15) is 4.98 Å². The molecule has 0 bridgehead atoms. The third kappa shape index (κ3) is 4.00. The first-order valence-corrected chi connectivity index (χ1v) is 5.66. The van der Waals surface area contributed by atoms with Crippen molar-refractivity contribution in [1.29, 1.82) is 0 Å². The second-order valence-corrected chi connectivity index (χ2v) is 4.24. The molecule has 0 aliphatic rings. The monoisotopic (exact) mass is 211 g/mol. The Balaban J connectivity index is 2.50. The fourth-order valence-corrected chi connectivity index (χ4v) is 1.48. The molecule has 4 nitrogen and oxygen atoms in total. The summed E-state index contributed by atoms with van der Waals surface area (Å²) in [4.78, 5) is 4.22. The van der Waals surface area contributed by atoms with Gasteiger partial charge in [0.25, 0.3) is 0 Å². The zero-order valence-electron chi connectivity index (χ0n) is 10.1. The van der Waals surface area contributed by atoms with E-state index in [-0.39, 0.29) is 0 Å². The molecule has 0 aliphatic heterocycles. The molecule has 0 saturated heterocycles. The van der Waals surface area contributed by atoms with Gasteiger partial charge in [-0.05, 0) is 25.8 Å². The van der Waals surface area contributed by atoms with Gasteiger partial charge in [-0.25, -0.2) is 0 Å². The fraction of sp³-hybridized carbons (Fsp3) is 0.818. The van der Waals surface area contributed by atoms with Gasteiger partial charge < -0.3 is 9.84 Å². The second-order valence-electron chi connectivity index (χ2n) is 4.24. The molecule has 0 radical (unpaired) electrons. The summed E-state index contributed by atoms with van der Waals surface area (Å²) in [5.74, 6) is 2.02. The first-order chi connectivity index (χ1) is 7.13. The SMILES string of the molecule is CCCNC(Cc1nc(C)no1)C(C)C. The summed E-state index contributed by atoms with van der Waals surface area (Å²) in [7, 11) is 0. The summed E-state index contributed by atoms with van der Waals surface area (Å²) in [6, 6.07) is 0.421. The first-order valence-electron chi connectivity index (χ1n) is 5.66. The second kappa shape index (κ2) is 5.85. The van der Waals surface area contributed by atoms with Crippen molar-refractivity contribution >= 4 is 0 Å². The molecule has 0 aromatic carbocycles. The van der Waals surface area contributed by atoms with Crippen LogP contribution in [0.5, 0.6) is 0 Å². The predicted molar refractivity (Wildman–Crippen MR) is 59.7 cm³/mol. The van der Waals surface area contributed by atoms with Crippen LogP contribution in [0.1, 0.15) is 38.9 Å². The van der Waals surface area contributed by atoms with Gasteiger partial charge in [-0.15, -0.1) is 0 Å². The standard InChI is InChI=1S/C11H21N3O/c1-5-6-12-10(8(2)3)7-11-13-9(4)14-15-11/h8,10,12H,5-7H2,1-4H3. The lowest BCUT2D eigenvalue weighted by atomic mass is 10.0. The van der Waals surface area contributed by atoms with Gasteiger partial charge in [0.15, 0.2) is 5.82 Å². The van der Waals surface area contributed by atoms with Crippen molar-refractivity contribution in [1.82, 2.24) is 15.5 Å². The van der Waals surface area contributed by atoms with Crippen LogP contribution in [0.3, 0.4) is 0 Å². The lowest BCUT2D eigenvalue weighted by molar-refractivity contribution is 0.325. The van der Waals surface area contributed by atoms with Gasteiger partial charge in [0, 0.05) is 12.5 Å². The molecule has 1 aromatic rings. The number of hydrogen-bond acceptors (Lipinski definition) is 4. The van der Waals surface area contributed by atoms with Crippen LogP contribution in [0, 0.1) is 12.8 Å². The number of rotatable bonds is 6. The van der Waals surface area contributed by atoms with Crippen molar-refractivity contribution in [3.63, 3.8) is 0 Å². The van der Waals surface area contributed by atoms with E-state index in [1.165, 1.54) is 0 Å². The Morgan fingerprint density at radius 3 is 2.60 bits per heavy atom. The zero-order valence-corrected chi connectivity index (χ0v) is 10.1. The minimum Gasteiger partial charge on any atom is -0.339 e. The highest BCUT2D eigenvalue weighted by Crippen LogP contribution is 2.08. The van der Waals surface area contributed by atoms with Gasteiger partial charge in [0.2, 0.25) is 5.89 Å². The van der Waals surface area contributed by atoms with Crippen molar-refractivity contribution in [3.8, 4) is 0 Å². The summed E-state index contributed by atoms with van der Waals surface area (Å²) in [5, 5.41) is 7.29. The Bertz CT molecular complexity index is 283. The summed E-state index contributed by atoms with van der Waals surface area (Å²) in [6.45, 7) is 9.46. The average molecular weight is 211 g/mol. The Labute approximate surface area is 91.5 Å². The number of hydrogen-bond donors (Lipinski definition) is 1. The zero-order chi connectivity index (χ0) is 11.3. The largest absolute Gasteiger partial charge is 0.339 e. The molecule has 1 heterocycles. The average Bonchev–Trinajstić information content (AvgIpc) is 2.58. The molecular weight excluding hydrogens is 190 g/mol. The van der Waals surface area contributed by atoms with E-state index in [1.54, 1.807) is 0 Å². The Morgan fingerprint density at radius 2 is 2.13 bits per heavy atom. The highest BCUT2D eigenvalue weighted by Gasteiger charge is 2.16. The molecule has 1 aromatic heterocycles. The molecular formula is C11H21N3O. The minimum atomic E-state index is 0.421. The minimum absolute atomic E-state index is 0.421. The maximum absolute atomic E-state index is 5.12. The maximum atomic E-state index is 5.12. The predicted octanol–water partition coefficient (Wildman–Crippen LogP) is 1.94. The Hall–Kier alpha value is -0.900. The van der Waals surface area contributed by atoms with Gasteiger partial charge in [0.05, 0.1) is 0 Å². The van der Waals surface area contributed by atoms with Crippen LogP contribution < -0.4 is 5.32 Å². The molecule has 15 heavy (non-hydrogen) atoms. The van der Waals surface area contributed by atoms with E-state index in [9.17, 15) is 0 Å². The number of nitrogens with zero attached hydrogens (tertiary/aromatic N) is 2. The summed E-state index contributed by atoms with van der Waals surface area (Å²) in [5.41, 5.74) is 0. The van der Waals surface area contributed by atoms with E-state index in [2.05, 4.69) is 36.2 Å². The van der Waals surface area contributed by atoms with E-state index in [0.29, 0.717) is 17.8 Å². The molecule has 4 heteroatoms. The molecule has 86 valence electrons. The fourth-order valence-electron chi connectivity index (χ4n) is 1.48. The van der Waals surface area contributed by atoms with Gasteiger partial charge in [0.1, 0.15) is 0 Å². The van der Waals surface area contributed by atoms with E-state index < -0.39 is 0 Å². The van der Waals surface area contributed by atoms with Gasteiger partial charge in [-0.1, -0.05) is 25.9 Å². The lowest BCUT2D eigenvalue weighted by Crippen LogP contribution is -2.36. The van der Waals surface area contributed by atoms with Crippen molar-refractivity contribution in [2.24, 2.45) is 5.92 Å². The van der Waals surface area contributed by atoms with Crippen LogP contribution in [0.15, 0.2) is 4.52 Å². The molecule has 0 saturated carbocycles. The van der Waals surface area contributed by atoms with Crippen LogP contribution in [0.4, 0.5) is 0 Å². The van der Waals surface area contributed by atoms with Crippen LogP contribution in [0.25, 0.3) is 0 Å². The van der Waals surface area contributed by atoms with Crippen LogP contribution >= 0.6 is 0 Å². The van der Waals surface area contributed by atoms with E-state index in [0.717, 1.165) is 25.3 Å². The van der Waals surface area contributed by atoms with E-state index in [1.807, 2.05) is 6.92 Å². The molecule has 1 N–H and O–H groups in total. The third-order valence-electron chi connectivity index (χ3n) is 2.43. The molecule has 0 fully saturated rings. The Kier molecular flexibility index (Phi) is 4.75. The van der Waals surface area contributed by atoms with Crippen LogP contribution in [-0.4, -0.2) is 22.7 Å². The number of aromatic nitrogens is 2. The highest BCUT2D eigenvalue weighted by molar-refractivity contribution is 4.88. The molecule has 1 atom stereocenters. The van der Waals surface area contributed by atoms with Gasteiger partial charge in [-0.3, -0.25) is 0 Å². The molecule has 0 spiro atoms. The van der Waals surface area contributed by atoms with Crippen molar-refractivity contribution in [3.05, 3.63) is 11.7 Å². The first kappa shape index (κ1) is 12.2. The summed E-state index contributed by atoms with van der Waals surface area (Å²) in [6.07, 6.45) is 1.96. The normalized spacial score (nSPS) is 13.4.